The number of anilines is 1. The molecule has 3 amide bonds. The monoisotopic (exact) mass is 393 g/mol. The van der Waals surface area contributed by atoms with E-state index in [2.05, 4.69) is 10.6 Å². The van der Waals surface area contributed by atoms with Crippen LogP contribution in [-0.2, 0) is 16.0 Å². The molecule has 0 aliphatic carbocycles. The van der Waals surface area contributed by atoms with Crippen molar-refractivity contribution < 1.29 is 23.9 Å². The van der Waals surface area contributed by atoms with Crippen molar-refractivity contribution in [1.82, 2.24) is 10.2 Å². The summed E-state index contributed by atoms with van der Waals surface area (Å²) < 4.78 is 13.9. The first-order chi connectivity index (χ1) is 13.2. The molecule has 0 spiro atoms. The highest BCUT2D eigenvalue weighted by atomic mass is 19.1. The van der Waals surface area contributed by atoms with Gasteiger partial charge in [-0.2, -0.15) is 0 Å². The Labute approximate surface area is 164 Å². The number of likely N-dealkylation sites (tertiary alicyclic amines) is 1. The maximum absolute atomic E-state index is 13.9. The van der Waals surface area contributed by atoms with Crippen molar-refractivity contribution in [2.24, 2.45) is 11.8 Å². The molecule has 0 aromatic heterocycles. The van der Waals surface area contributed by atoms with Crippen LogP contribution in [0.15, 0.2) is 18.2 Å². The molecule has 1 saturated heterocycles. The number of piperidine rings is 1. The summed E-state index contributed by atoms with van der Waals surface area (Å²) in [6, 6.07) is 3.88. The number of rotatable bonds is 7. The molecular weight excluding hydrogens is 365 g/mol. The molecule has 1 fully saturated rings. The normalized spacial score (nSPS) is 16.7. The van der Waals surface area contributed by atoms with Gasteiger partial charge < -0.3 is 20.6 Å². The molecule has 0 saturated carbocycles. The third kappa shape index (κ3) is 6.83. The van der Waals surface area contributed by atoms with E-state index in [0.717, 1.165) is 18.9 Å². The van der Waals surface area contributed by atoms with E-state index in [-0.39, 0.29) is 29.8 Å². The minimum absolute atomic E-state index is 0.0506. The quantitative estimate of drug-likeness (QED) is 0.663. The Morgan fingerprint density at radius 3 is 2.71 bits per heavy atom. The topological polar surface area (TPSA) is 98.7 Å². The molecule has 2 rings (SSSR count). The summed E-state index contributed by atoms with van der Waals surface area (Å²) in [5.41, 5.74) is 0.361. The van der Waals surface area contributed by atoms with Gasteiger partial charge >= 0.3 is 12.0 Å². The summed E-state index contributed by atoms with van der Waals surface area (Å²) in [5, 5.41) is 14.3. The first-order valence-electron chi connectivity index (χ1n) is 9.57. The lowest BCUT2D eigenvalue weighted by molar-refractivity contribution is -0.136. The van der Waals surface area contributed by atoms with Crippen molar-refractivity contribution >= 4 is 23.6 Å². The van der Waals surface area contributed by atoms with Gasteiger partial charge in [-0.15, -0.1) is 0 Å². The van der Waals surface area contributed by atoms with Crippen molar-refractivity contribution in [3.05, 3.63) is 29.6 Å². The fraction of sp³-hybridized carbons (Fsp3) is 0.550. The van der Waals surface area contributed by atoms with E-state index in [4.69, 9.17) is 5.11 Å². The van der Waals surface area contributed by atoms with E-state index in [1.807, 2.05) is 13.8 Å². The van der Waals surface area contributed by atoms with Crippen LogP contribution < -0.4 is 10.6 Å². The molecule has 1 aromatic rings. The van der Waals surface area contributed by atoms with Gasteiger partial charge in [-0.25, -0.2) is 9.18 Å². The third-order valence-corrected chi connectivity index (χ3v) is 4.62. The number of hydrogen-bond donors (Lipinski definition) is 3. The van der Waals surface area contributed by atoms with Gasteiger partial charge in [0.05, 0.1) is 6.42 Å². The van der Waals surface area contributed by atoms with E-state index in [1.165, 1.54) is 12.1 Å². The Hall–Kier alpha value is -2.64. The lowest BCUT2D eigenvalue weighted by Crippen LogP contribution is -2.46. The smallest absolute Gasteiger partial charge is 0.317 e. The maximum Gasteiger partial charge on any atom is 0.317 e. The van der Waals surface area contributed by atoms with Crippen LogP contribution in [0.1, 0.15) is 38.7 Å². The van der Waals surface area contributed by atoms with E-state index >= 15 is 0 Å². The molecule has 8 heteroatoms. The predicted octanol–water partition coefficient (Wildman–Crippen LogP) is 2.86. The van der Waals surface area contributed by atoms with Crippen molar-refractivity contribution in [2.45, 2.75) is 39.5 Å². The average molecular weight is 393 g/mol. The van der Waals surface area contributed by atoms with Crippen LogP contribution >= 0.6 is 0 Å². The van der Waals surface area contributed by atoms with Crippen LogP contribution in [0.4, 0.5) is 14.9 Å². The number of carboxylic acids is 1. The number of hydrogen-bond acceptors (Lipinski definition) is 3. The second-order valence-electron chi connectivity index (χ2n) is 7.66. The highest BCUT2D eigenvalue weighted by Gasteiger charge is 2.25. The zero-order valence-electron chi connectivity index (χ0n) is 16.3. The first-order valence-corrected chi connectivity index (χ1v) is 9.57. The molecule has 154 valence electrons. The summed E-state index contributed by atoms with van der Waals surface area (Å²) >= 11 is 0. The zero-order chi connectivity index (χ0) is 20.7. The van der Waals surface area contributed by atoms with Crippen LogP contribution in [0.25, 0.3) is 0 Å². The average Bonchev–Trinajstić information content (AvgIpc) is 2.61. The number of amides is 3. The third-order valence-electron chi connectivity index (χ3n) is 4.62. The van der Waals surface area contributed by atoms with E-state index < -0.39 is 18.2 Å². The Balaban J connectivity index is 1.86. The molecule has 0 bridgehead atoms. The van der Waals surface area contributed by atoms with Crippen molar-refractivity contribution in [1.29, 1.82) is 0 Å². The van der Waals surface area contributed by atoms with Gasteiger partial charge in [0, 0.05) is 31.7 Å². The summed E-state index contributed by atoms with van der Waals surface area (Å²) in [7, 11) is 0. The second kappa shape index (κ2) is 10.1. The molecule has 1 heterocycles. The van der Waals surface area contributed by atoms with E-state index in [9.17, 15) is 18.8 Å². The van der Waals surface area contributed by atoms with Gasteiger partial charge in [-0.3, -0.25) is 9.59 Å². The van der Waals surface area contributed by atoms with Gasteiger partial charge in [-0.1, -0.05) is 19.9 Å². The van der Waals surface area contributed by atoms with Gasteiger partial charge in [0.1, 0.15) is 5.82 Å². The number of nitrogens with zero attached hydrogens (tertiary/aromatic N) is 1. The van der Waals surface area contributed by atoms with Crippen LogP contribution in [0.3, 0.4) is 0 Å². The minimum atomic E-state index is -1.12. The summed E-state index contributed by atoms with van der Waals surface area (Å²) in [6.07, 6.45) is 1.53. The maximum atomic E-state index is 13.9. The Morgan fingerprint density at radius 2 is 2.07 bits per heavy atom. The number of carboxylic acid groups (broad SMARTS) is 1. The zero-order valence-corrected chi connectivity index (χ0v) is 16.3. The standard InChI is InChI=1S/C20H28FN3O4/c1-13(2)11-22-20(28)24-7-3-4-14(12-24)8-18(25)23-16-6-5-15(9-19(26)27)17(21)10-16/h5-6,10,13-14H,3-4,7-9,11-12H2,1-2H3,(H,22,28)(H,23,25)(H,26,27). The van der Waals surface area contributed by atoms with Crippen LogP contribution in [-0.4, -0.2) is 47.5 Å². The number of urea groups is 1. The Kier molecular flexibility index (Phi) is 7.78. The van der Waals surface area contributed by atoms with Gasteiger partial charge in [0.25, 0.3) is 0 Å². The summed E-state index contributed by atoms with van der Waals surface area (Å²) in [6.45, 7) is 5.87. The highest BCUT2D eigenvalue weighted by molar-refractivity contribution is 5.91. The summed E-state index contributed by atoms with van der Waals surface area (Å²) in [5.74, 6) is -1.60. The SMILES string of the molecule is CC(C)CNC(=O)N1CCCC(CC(=O)Nc2ccc(CC(=O)O)c(F)c2)C1. The minimum Gasteiger partial charge on any atom is -0.481 e. The van der Waals surface area contributed by atoms with Crippen LogP contribution in [0.5, 0.6) is 0 Å². The van der Waals surface area contributed by atoms with Crippen LogP contribution in [0, 0.1) is 17.7 Å². The summed E-state index contributed by atoms with van der Waals surface area (Å²) in [4.78, 5) is 36.9. The number of halogens is 1. The molecule has 1 aromatic carbocycles. The Bertz CT molecular complexity index is 723. The molecule has 1 aliphatic rings. The van der Waals surface area contributed by atoms with Gasteiger partial charge in [0.15, 0.2) is 0 Å². The molecule has 28 heavy (non-hydrogen) atoms. The molecule has 1 aliphatic heterocycles. The predicted molar refractivity (Wildman–Crippen MR) is 104 cm³/mol. The van der Waals surface area contributed by atoms with Gasteiger partial charge in [-0.05, 0) is 42.4 Å². The molecule has 7 nitrogen and oxygen atoms in total. The number of nitrogens with one attached hydrogen (secondary N) is 2. The van der Waals surface area contributed by atoms with Crippen molar-refractivity contribution in [3.63, 3.8) is 0 Å². The largest absolute Gasteiger partial charge is 0.481 e. The number of carbonyl (C=O) groups is 3. The van der Waals surface area contributed by atoms with E-state index in [1.54, 1.807) is 4.90 Å². The fourth-order valence-electron chi connectivity index (χ4n) is 3.22. The number of benzene rings is 1. The molecule has 0 radical (unpaired) electrons. The molecule has 1 unspecified atom stereocenters. The number of carbonyl (C=O) groups excluding carboxylic acids is 2. The van der Waals surface area contributed by atoms with Crippen LogP contribution in [0.2, 0.25) is 0 Å². The van der Waals surface area contributed by atoms with Gasteiger partial charge in [0.2, 0.25) is 5.91 Å². The highest BCUT2D eigenvalue weighted by Crippen LogP contribution is 2.21. The lowest BCUT2D eigenvalue weighted by atomic mass is 9.94. The van der Waals surface area contributed by atoms with Crippen molar-refractivity contribution in [3.8, 4) is 0 Å². The lowest BCUT2D eigenvalue weighted by Gasteiger charge is -2.32. The molecule has 1 atom stereocenters. The van der Waals surface area contributed by atoms with E-state index in [0.29, 0.717) is 31.2 Å². The molecule has 3 N–H and O–H groups in total. The fourth-order valence-corrected chi connectivity index (χ4v) is 3.22. The second-order valence-corrected chi connectivity index (χ2v) is 7.66. The Morgan fingerprint density at radius 1 is 1.32 bits per heavy atom. The van der Waals surface area contributed by atoms with Crippen molar-refractivity contribution in [2.75, 3.05) is 25.0 Å². The molecular formula is C20H28FN3O4. The number of aliphatic carboxylic acids is 1. The first kappa shape index (κ1) is 21.7.